The zero-order valence-electron chi connectivity index (χ0n) is 15.5. The maximum atomic E-state index is 13.1. The summed E-state index contributed by atoms with van der Waals surface area (Å²) >= 11 is 0. The second-order valence-electron chi connectivity index (χ2n) is 7.26. The number of fused-ring (bicyclic) bond motifs is 1. The van der Waals surface area contributed by atoms with Crippen LogP contribution in [0.5, 0.6) is 0 Å². The normalized spacial score (nSPS) is 21.2. The van der Waals surface area contributed by atoms with Crippen molar-refractivity contribution in [3.8, 4) is 0 Å². The molecule has 1 aromatic carbocycles. The molecule has 2 aromatic rings. The van der Waals surface area contributed by atoms with Gasteiger partial charge < -0.3 is 9.88 Å². The number of rotatable bonds is 4. The monoisotopic (exact) mass is 326 g/mol. The zero-order chi connectivity index (χ0) is 17.3. The largest absolute Gasteiger partial charge is 0.348 e. The van der Waals surface area contributed by atoms with Crippen LogP contribution >= 0.6 is 0 Å². The Morgan fingerprint density at radius 3 is 2.67 bits per heavy atom. The summed E-state index contributed by atoms with van der Waals surface area (Å²) in [7, 11) is 0. The second-order valence-corrected chi connectivity index (χ2v) is 7.26. The first kappa shape index (κ1) is 17.1. The number of nitrogens with zero attached hydrogens (tertiary/aromatic N) is 1. The van der Waals surface area contributed by atoms with Crippen molar-refractivity contribution in [2.24, 2.45) is 5.92 Å². The number of nitrogens with one attached hydrogen (secondary N) is 1. The molecule has 24 heavy (non-hydrogen) atoms. The van der Waals surface area contributed by atoms with Crippen molar-refractivity contribution in [1.29, 1.82) is 0 Å². The fraction of sp³-hybridized carbons (Fsp3) is 0.571. The van der Waals surface area contributed by atoms with E-state index in [9.17, 15) is 4.79 Å². The molecule has 1 heterocycles. The molecule has 2 atom stereocenters. The van der Waals surface area contributed by atoms with E-state index in [0.717, 1.165) is 30.6 Å². The Labute approximate surface area is 145 Å². The van der Waals surface area contributed by atoms with E-state index in [0.29, 0.717) is 12.0 Å². The van der Waals surface area contributed by atoms with Crippen molar-refractivity contribution in [3.63, 3.8) is 0 Å². The number of benzene rings is 1. The Kier molecular flexibility index (Phi) is 4.98. The van der Waals surface area contributed by atoms with Gasteiger partial charge in [0.1, 0.15) is 5.69 Å². The standard InChI is InChI=1S/C21H30N2O/c1-5-16-11-12-19-17(13-16)15(4)20(23(19)6-2)21(24)22-18-10-8-7-9-14(18)3/h11-14,18H,5-10H2,1-4H3,(H,22,24). The lowest BCUT2D eigenvalue weighted by molar-refractivity contribution is 0.0900. The molecule has 3 heteroatoms. The highest BCUT2D eigenvalue weighted by atomic mass is 16.2. The Bertz CT molecular complexity index is 744. The van der Waals surface area contributed by atoms with Crippen LogP contribution in [0.4, 0.5) is 0 Å². The molecule has 1 amide bonds. The summed E-state index contributed by atoms with van der Waals surface area (Å²) in [5.41, 5.74) is 4.46. The maximum absolute atomic E-state index is 13.1. The Morgan fingerprint density at radius 2 is 2.00 bits per heavy atom. The predicted octanol–water partition coefficient (Wildman–Crippen LogP) is 4.84. The van der Waals surface area contributed by atoms with E-state index in [4.69, 9.17) is 0 Å². The van der Waals surface area contributed by atoms with Gasteiger partial charge in [0.15, 0.2) is 0 Å². The van der Waals surface area contributed by atoms with Crippen LogP contribution in [0.25, 0.3) is 10.9 Å². The lowest BCUT2D eigenvalue weighted by Crippen LogP contribution is -2.41. The van der Waals surface area contributed by atoms with Crippen LogP contribution in [-0.2, 0) is 13.0 Å². The molecule has 0 radical (unpaired) electrons. The number of aromatic nitrogens is 1. The van der Waals surface area contributed by atoms with Gasteiger partial charge in [0.05, 0.1) is 0 Å². The van der Waals surface area contributed by atoms with Crippen molar-refractivity contribution < 1.29 is 4.79 Å². The van der Waals surface area contributed by atoms with Crippen LogP contribution in [0, 0.1) is 12.8 Å². The third kappa shape index (κ3) is 2.97. The number of hydrogen-bond donors (Lipinski definition) is 1. The lowest BCUT2D eigenvalue weighted by atomic mass is 9.86. The first-order valence-electron chi connectivity index (χ1n) is 9.49. The van der Waals surface area contributed by atoms with E-state index in [1.165, 1.54) is 35.7 Å². The molecule has 2 unspecified atom stereocenters. The second kappa shape index (κ2) is 7.00. The van der Waals surface area contributed by atoms with Crippen molar-refractivity contribution in [1.82, 2.24) is 9.88 Å². The summed E-state index contributed by atoms with van der Waals surface area (Å²) in [6, 6.07) is 6.92. The minimum atomic E-state index is 0.0994. The van der Waals surface area contributed by atoms with Gasteiger partial charge in [0, 0.05) is 23.5 Å². The van der Waals surface area contributed by atoms with Gasteiger partial charge in [-0.15, -0.1) is 0 Å². The smallest absolute Gasteiger partial charge is 0.268 e. The van der Waals surface area contributed by atoms with Gasteiger partial charge in [-0.2, -0.15) is 0 Å². The molecule has 3 rings (SSSR count). The highest BCUT2D eigenvalue weighted by Gasteiger charge is 2.26. The Morgan fingerprint density at radius 1 is 1.25 bits per heavy atom. The number of hydrogen-bond acceptors (Lipinski definition) is 1. The number of aryl methyl sites for hydroxylation is 3. The maximum Gasteiger partial charge on any atom is 0.268 e. The predicted molar refractivity (Wildman–Crippen MR) is 101 cm³/mol. The average molecular weight is 326 g/mol. The third-order valence-corrected chi connectivity index (χ3v) is 5.75. The summed E-state index contributed by atoms with van der Waals surface area (Å²) < 4.78 is 2.17. The molecule has 0 aliphatic heterocycles. The van der Waals surface area contributed by atoms with E-state index >= 15 is 0 Å². The lowest BCUT2D eigenvalue weighted by Gasteiger charge is -2.29. The molecule has 0 spiro atoms. The summed E-state index contributed by atoms with van der Waals surface area (Å²) in [4.78, 5) is 13.1. The van der Waals surface area contributed by atoms with Crippen LogP contribution in [0.3, 0.4) is 0 Å². The van der Waals surface area contributed by atoms with Gasteiger partial charge in [0.2, 0.25) is 0 Å². The van der Waals surface area contributed by atoms with E-state index in [1.54, 1.807) is 0 Å². The first-order valence-corrected chi connectivity index (χ1v) is 9.49. The fourth-order valence-corrected chi connectivity index (χ4v) is 4.18. The van der Waals surface area contributed by atoms with Crippen molar-refractivity contribution >= 4 is 16.8 Å². The minimum absolute atomic E-state index is 0.0994. The molecule has 130 valence electrons. The molecule has 1 saturated carbocycles. The SMILES string of the molecule is CCc1ccc2c(c1)c(C)c(C(=O)NC1CCCCC1C)n2CC. The quantitative estimate of drug-likeness (QED) is 0.857. The van der Waals surface area contributed by atoms with Crippen LogP contribution < -0.4 is 5.32 Å². The Balaban J connectivity index is 1.98. The number of carbonyl (C=O) groups excluding carboxylic acids is 1. The average Bonchev–Trinajstić information content (AvgIpc) is 2.88. The molecule has 1 fully saturated rings. The van der Waals surface area contributed by atoms with Gasteiger partial charge in [0.25, 0.3) is 5.91 Å². The van der Waals surface area contributed by atoms with Crippen LogP contribution in [-0.4, -0.2) is 16.5 Å². The van der Waals surface area contributed by atoms with Gasteiger partial charge >= 0.3 is 0 Å². The number of carbonyl (C=O) groups is 1. The molecular formula is C21H30N2O. The molecule has 1 aromatic heterocycles. The summed E-state index contributed by atoms with van der Waals surface area (Å²) in [6.45, 7) is 9.46. The van der Waals surface area contributed by atoms with E-state index < -0.39 is 0 Å². The highest BCUT2D eigenvalue weighted by Crippen LogP contribution is 2.28. The molecule has 1 aliphatic carbocycles. The third-order valence-electron chi connectivity index (χ3n) is 5.75. The van der Waals surface area contributed by atoms with Gasteiger partial charge in [-0.3, -0.25) is 4.79 Å². The Hall–Kier alpha value is -1.77. The van der Waals surface area contributed by atoms with E-state index in [-0.39, 0.29) is 5.91 Å². The van der Waals surface area contributed by atoms with Gasteiger partial charge in [-0.05, 0) is 62.3 Å². The van der Waals surface area contributed by atoms with Crippen LogP contribution in [0.2, 0.25) is 0 Å². The summed E-state index contributed by atoms with van der Waals surface area (Å²) in [5, 5.41) is 4.55. The van der Waals surface area contributed by atoms with Gasteiger partial charge in [-0.25, -0.2) is 0 Å². The van der Waals surface area contributed by atoms with Crippen LogP contribution in [0.15, 0.2) is 18.2 Å². The summed E-state index contributed by atoms with van der Waals surface area (Å²) in [6.07, 6.45) is 5.87. The van der Waals surface area contributed by atoms with Crippen molar-refractivity contribution in [2.45, 2.75) is 72.4 Å². The van der Waals surface area contributed by atoms with Crippen molar-refractivity contribution in [3.05, 3.63) is 35.0 Å². The van der Waals surface area contributed by atoms with Crippen molar-refractivity contribution in [2.75, 3.05) is 0 Å². The molecule has 1 aliphatic rings. The van der Waals surface area contributed by atoms with Gasteiger partial charge in [-0.1, -0.05) is 32.8 Å². The summed E-state index contributed by atoms with van der Waals surface area (Å²) in [5.74, 6) is 0.677. The topological polar surface area (TPSA) is 34.0 Å². The molecule has 1 N–H and O–H groups in total. The molecule has 0 bridgehead atoms. The molecule has 0 saturated heterocycles. The van der Waals surface area contributed by atoms with E-state index in [2.05, 4.69) is 55.8 Å². The zero-order valence-corrected chi connectivity index (χ0v) is 15.5. The number of amides is 1. The minimum Gasteiger partial charge on any atom is -0.348 e. The molecular weight excluding hydrogens is 296 g/mol. The molecule has 3 nitrogen and oxygen atoms in total. The van der Waals surface area contributed by atoms with E-state index in [1.807, 2.05) is 0 Å². The first-order chi connectivity index (χ1) is 11.6. The highest BCUT2D eigenvalue weighted by molar-refractivity contribution is 6.02. The van der Waals surface area contributed by atoms with Crippen LogP contribution in [0.1, 0.15) is 68.1 Å². The fourth-order valence-electron chi connectivity index (χ4n) is 4.18.